The predicted octanol–water partition coefficient (Wildman–Crippen LogP) is 4.81. The van der Waals surface area contributed by atoms with E-state index in [4.69, 9.17) is 0 Å². The van der Waals surface area contributed by atoms with Gasteiger partial charge in [-0.2, -0.15) is 0 Å². The monoisotopic (exact) mass is 360 g/mol. The number of hydrogen-bond donors (Lipinski definition) is 1. The lowest BCUT2D eigenvalue weighted by atomic mass is 10.1. The van der Waals surface area contributed by atoms with Crippen molar-refractivity contribution in [1.29, 1.82) is 0 Å². The molecule has 0 unspecified atom stereocenters. The van der Waals surface area contributed by atoms with Crippen LogP contribution in [0.3, 0.4) is 0 Å². The molecule has 1 aliphatic rings. The molecule has 0 saturated heterocycles. The van der Waals surface area contributed by atoms with Gasteiger partial charge in [0.1, 0.15) is 0 Å². The average Bonchev–Trinajstić information content (AvgIpc) is 3.24. The van der Waals surface area contributed by atoms with Gasteiger partial charge in [0.15, 0.2) is 5.78 Å². The first-order chi connectivity index (χ1) is 10.5. The second-order valence-corrected chi connectivity index (χ2v) is 7.04. The predicted molar refractivity (Wildman–Crippen MR) is 93.9 cm³/mol. The van der Waals surface area contributed by atoms with E-state index < -0.39 is 0 Å². The number of ketones is 1. The van der Waals surface area contributed by atoms with Gasteiger partial charge >= 0.3 is 0 Å². The first kappa shape index (κ1) is 15.3. The number of aromatic nitrogens is 1. The quantitative estimate of drug-likeness (QED) is 0.776. The van der Waals surface area contributed by atoms with Crippen LogP contribution in [0.2, 0.25) is 0 Å². The zero-order valence-electron chi connectivity index (χ0n) is 13.2. The van der Waals surface area contributed by atoms with Crippen LogP contribution < -0.4 is 5.32 Å². The second-order valence-electron chi connectivity index (χ2n) is 6.12. The van der Waals surface area contributed by atoms with Crippen molar-refractivity contribution in [3.05, 3.63) is 51.3 Å². The fraction of sp³-hybridized carbons (Fsp3) is 0.389. The number of nitrogens with zero attached hydrogens (tertiary/aromatic N) is 1. The highest BCUT2D eigenvalue weighted by atomic mass is 79.9. The molecule has 0 spiro atoms. The Hall–Kier alpha value is -1.55. The molecule has 116 valence electrons. The van der Waals surface area contributed by atoms with Gasteiger partial charge in [-0.3, -0.25) is 4.79 Å². The highest BCUT2D eigenvalue weighted by Crippen LogP contribution is 2.38. The van der Waals surface area contributed by atoms with E-state index >= 15 is 0 Å². The van der Waals surface area contributed by atoms with Crippen molar-refractivity contribution in [2.45, 2.75) is 39.7 Å². The molecule has 3 rings (SSSR count). The molecule has 3 nitrogen and oxygen atoms in total. The normalized spacial score (nSPS) is 14.2. The summed E-state index contributed by atoms with van der Waals surface area (Å²) in [6, 6.07) is 8.68. The maximum absolute atomic E-state index is 12.5. The van der Waals surface area contributed by atoms with E-state index in [2.05, 4.69) is 39.7 Å². The van der Waals surface area contributed by atoms with E-state index in [-0.39, 0.29) is 5.78 Å². The van der Waals surface area contributed by atoms with Crippen molar-refractivity contribution in [2.75, 3.05) is 11.9 Å². The molecule has 0 atom stereocenters. The van der Waals surface area contributed by atoms with E-state index in [9.17, 15) is 4.79 Å². The van der Waals surface area contributed by atoms with E-state index in [0.717, 1.165) is 27.0 Å². The van der Waals surface area contributed by atoms with E-state index in [1.807, 2.05) is 31.2 Å². The Morgan fingerprint density at radius 3 is 2.64 bits per heavy atom. The van der Waals surface area contributed by atoms with Gasteiger partial charge in [-0.1, -0.05) is 15.9 Å². The summed E-state index contributed by atoms with van der Waals surface area (Å²) in [5.74, 6) is 0.155. The van der Waals surface area contributed by atoms with Gasteiger partial charge in [0.05, 0.1) is 6.54 Å². The summed E-state index contributed by atoms with van der Waals surface area (Å²) in [6.45, 7) is 6.52. The molecule has 2 aromatic rings. The number of nitrogens with one attached hydrogen (secondary N) is 1. The fourth-order valence-corrected chi connectivity index (χ4v) is 3.53. The molecule has 1 aliphatic carbocycles. The van der Waals surface area contributed by atoms with Crippen molar-refractivity contribution in [2.24, 2.45) is 0 Å². The molecule has 1 saturated carbocycles. The Morgan fingerprint density at radius 2 is 2.00 bits per heavy atom. The summed E-state index contributed by atoms with van der Waals surface area (Å²) in [4.78, 5) is 12.5. The minimum atomic E-state index is 0.155. The zero-order valence-corrected chi connectivity index (χ0v) is 14.8. The molecule has 1 heterocycles. The van der Waals surface area contributed by atoms with Crippen molar-refractivity contribution in [1.82, 2.24) is 4.57 Å². The molecule has 4 heteroatoms. The third-order valence-electron chi connectivity index (χ3n) is 4.32. The number of benzene rings is 1. The van der Waals surface area contributed by atoms with Crippen LogP contribution in [0.25, 0.3) is 0 Å². The summed E-state index contributed by atoms with van der Waals surface area (Å²) < 4.78 is 3.37. The lowest BCUT2D eigenvalue weighted by molar-refractivity contribution is 0.101. The van der Waals surface area contributed by atoms with Crippen molar-refractivity contribution < 1.29 is 4.79 Å². The van der Waals surface area contributed by atoms with Crippen LogP contribution in [0.5, 0.6) is 0 Å². The molecule has 1 N–H and O–H groups in total. The van der Waals surface area contributed by atoms with Gasteiger partial charge < -0.3 is 9.88 Å². The van der Waals surface area contributed by atoms with E-state index in [0.29, 0.717) is 12.6 Å². The molecule has 0 aliphatic heterocycles. The molecular weight excluding hydrogens is 340 g/mol. The Balaban J connectivity index is 1.73. The van der Waals surface area contributed by atoms with Gasteiger partial charge in [-0.25, -0.2) is 0 Å². The van der Waals surface area contributed by atoms with E-state index in [1.54, 1.807) is 0 Å². The molecule has 0 bridgehead atoms. The highest BCUT2D eigenvalue weighted by molar-refractivity contribution is 9.10. The van der Waals surface area contributed by atoms with Gasteiger partial charge in [-0.15, -0.1) is 0 Å². The number of carbonyl (C=O) groups is 1. The third-order valence-corrected chi connectivity index (χ3v) is 4.82. The van der Waals surface area contributed by atoms with Crippen molar-refractivity contribution >= 4 is 27.4 Å². The standard InChI is InChI=1S/C18H21BrN2O/c1-11-8-14(19)4-7-17(11)20-10-18(22)16-9-12(2)21(13(16)3)15-5-6-15/h4,7-9,15,20H,5-6,10H2,1-3H3. The molecule has 1 aromatic carbocycles. The molecule has 0 amide bonds. The maximum Gasteiger partial charge on any atom is 0.183 e. The smallest absolute Gasteiger partial charge is 0.183 e. The van der Waals surface area contributed by atoms with Crippen LogP contribution in [-0.4, -0.2) is 16.9 Å². The first-order valence-corrected chi connectivity index (χ1v) is 8.48. The number of Topliss-reactive ketones (excluding diaryl/α,β-unsaturated/α-hetero) is 1. The van der Waals surface area contributed by atoms with Crippen LogP contribution in [0, 0.1) is 20.8 Å². The average molecular weight is 361 g/mol. The Bertz CT molecular complexity index is 729. The highest BCUT2D eigenvalue weighted by Gasteiger charge is 2.28. The number of rotatable bonds is 5. The Kier molecular flexibility index (Phi) is 4.13. The summed E-state index contributed by atoms with van der Waals surface area (Å²) in [5, 5.41) is 3.26. The van der Waals surface area contributed by atoms with Crippen LogP contribution in [-0.2, 0) is 0 Å². The summed E-state index contributed by atoms with van der Waals surface area (Å²) in [5.41, 5.74) is 5.30. The largest absolute Gasteiger partial charge is 0.377 e. The second kappa shape index (κ2) is 5.92. The summed E-state index contributed by atoms with van der Waals surface area (Å²) in [7, 11) is 0. The lowest BCUT2D eigenvalue weighted by Gasteiger charge is -2.10. The molecular formula is C18H21BrN2O. The van der Waals surface area contributed by atoms with Crippen LogP contribution in [0.1, 0.15) is 46.2 Å². The SMILES string of the molecule is Cc1cc(Br)ccc1NCC(=O)c1cc(C)n(C2CC2)c1C. The number of aryl methyl sites for hydroxylation is 2. The van der Waals surface area contributed by atoms with Crippen LogP contribution >= 0.6 is 15.9 Å². The Morgan fingerprint density at radius 1 is 1.27 bits per heavy atom. The summed E-state index contributed by atoms with van der Waals surface area (Å²) in [6.07, 6.45) is 2.47. The van der Waals surface area contributed by atoms with Crippen molar-refractivity contribution in [3.63, 3.8) is 0 Å². The number of halogens is 1. The van der Waals surface area contributed by atoms with Gasteiger partial charge in [-0.05, 0) is 63.4 Å². The van der Waals surface area contributed by atoms with Gasteiger partial charge in [0, 0.05) is 33.2 Å². The van der Waals surface area contributed by atoms with Crippen LogP contribution in [0.15, 0.2) is 28.7 Å². The van der Waals surface area contributed by atoms with Gasteiger partial charge in [0.25, 0.3) is 0 Å². The summed E-state index contributed by atoms with van der Waals surface area (Å²) >= 11 is 3.46. The molecule has 1 aromatic heterocycles. The topological polar surface area (TPSA) is 34.0 Å². The Labute approximate surface area is 139 Å². The lowest BCUT2D eigenvalue weighted by Crippen LogP contribution is -2.15. The number of hydrogen-bond acceptors (Lipinski definition) is 2. The van der Waals surface area contributed by atoms with Crippen molar-refractivity contribution in [3.8, 4) is 0 Å². The third kappa shape index (κ3) is 2.98. The zero-order chi connectivity index (χ0) is 15.9. The first-order valence-electron chi connectivity index (χ1n) is 7.69. The fourth-order valence-electron chi connectivity index (χ4n) is 3.05. The number of carbonyl (C=O) groups excluding carboxylic acids is 1. The molecule has 0 radical (unpaired) electrons. The van der Waals surface area contributed by atoms with Crippen LogP contribution in [0.4, 0.5) is 5.69 Å². The number of anilines is 1. The molecule has 1 fully saturated rings. The van der Waals surface area contributed by atoms with E-state index in [1.165, 1.54) is 18.5 Å². The maximum atomic E-state index is 12.5. The minimum Gasteiger partial charge on any atom is -0.377 e. The molecule has 22 heavy (non-hydrogen) atoms. The minimum absolute atomic E-state index is 0.155. The van der Waals surface area contributed by atoms with Gasteiger partial charge in [0.2, 0.25) is 0 Å².